The van der Waals surface area contributed by atoms with Crippen LogP contribution in [0.5, 0.6) is 11.5 Å². The number of nitrogens with one attached hydrogen (secondary N) is 1. The summed E-state index contributed by atoms with van der Waals surface area (Å²) in [5, 5.41) is 6.99. The Balaban J connectivity index is 1.88. The number of nitrogens with zero attached hydrogens (tertiary/aromatic N) is 3. The van der Waals surface area contributed by atoms with E-state index >= 15 is 0 Å². The standard InChI is InChI=1S/C16H18N4O5S/c1-23-12-7-6-11(9-14(12)24-2)10-17-16-18-15(13-5-4-8-25-13)19-20(16)26(3,21)22/h4-9H,10H2,1-3H3,(H,17,18,19). The molecule has 0 bridgehead atoms. The second-order valence-electron chi connectivity index (χ2n) is 5.39. The molecule has 0 aliphatic rings. The second kappa shape index (κ2) is 7.08. The Bertz CT molecular complexity index is 996. The lowest BCUT2D eigenvalue weighted by Crippen LogP contribution is -2.16. The first-order valence-electron chi connectivity index (χ1n) is 7.58. The van der Waals surface area contributed by atoms with Crippen molar-refractivity contribution in [3.05, 3.63) is 42.2 Å². The lowest BCUT2D eigenvalue weighted by atomic mass is 10.2. The number of furan rings is 1. The topological polar surface area (TPSA) is 108 Å². The van der Waals surface area contributed by atoms with E-state index in [-0.39, 0.29) is 11.8 Å². The molecule has 0 atom stereocenters. The molecule has 10 heteroatoms. The third-order valence-corrected chi connectivity index (χ3v) is 4.42. The van der Waals surface area contributed by atoms with Gasteiger partial charge in [-0.05, 0) is 29.8 Å². The molecular formula is C16H18N4O5S. The second-order valence-corrected chi connectivity index (χ2v) is 7.20. The summed E-state index contributed by atoms with van der Waals surface area (Å²) in [7, 11) is -0.535. The highest BCUT2D eigenvalue weighted by atomic mass is 32.2. The Kier molecular flexibility index (Phi) is 4.85. The van der Waals surface area contributed by atoms with Crippen LogP contribution in [0, 0.1) is 0 Å². The summed E-state index contributed by atoms with van der Waals surface area (Å²) in [4.78, 5) is 4.22. The van der Waals surface area contributed by atoms with Crippen molar-refractivity contribution < 1.29 is 22.3 Å². The summed E-state index contributed by atoms with van der Waals surface area (Å²) in [6.45, 7) is 0.312. The number of rotatable bonds is 7. The molecule has 138 valence electrons. The SMILES string of the molecule is COc1ccc(CNc2nc(-c3ccco3)nn2S(C)(=O)=O)cc1OC. The third kappa shape index (κ3) is 3.64. The van der Waals surface area contributed by atoms with Crippen molar-refractivity contribution in [2.24, 2.45) is 0 Å². The van der Waals surface area contributed by atoms with Gasteiger partial charge >= 0.3 is 0 Å². The van der Waals surface area contributed by atoms with E-state index < -0.39 is 10.0 Å². The smallest absolute Gasteiger partial charge is 0.254 e. The summed E-state index contributed by atoms with van der Waals surface area (Å²) in [5.74, 6) is 1.83. The van der Waals surface area contributed by atoms with Crippen molar-refractivity contribution >= 4 is 16.0 Å². The van der Waals surface area contributed by atoms with Crippen LogP contribution in [-0.4, -0.2) is 43.1 Å². The molecule has 9 nitrogen and oxygen atoms in total. The first kappa shape index (κ1) is 17.8. The van der Waals surface area contributed by atoms with Crippen LogP contribution in [0.3, 0.4) is 0 Å². The largest absolute Gasteiger partial charge is 0.493 e. The minimum atomic E-state index is -3.64. The first-order valence-corrected chi connectivity index (χ1v) is 9.43. The molecule has 1 aromatic carbocycles. The quantitative estimate of drug-likeness (QED) is 0.665. The van der Waals surface area contributed by atoms with Gasteiger partial charge < -0.3 is 19.2 Å². The maximum atomic E-state index is 12.0. The van der Waals surface area contributed by atoms with Crippen LogP contribution in [0.25, 0.3) is 11.6 Å². The summed E-state index contributed by atoms with van der Waals surface area (Å²) < 4.78 is 40.5. The highest BCUT2D eigenvalue weighted by molar-refractivity contribution is 7.89. The van der Waals surface area contributed by atoms with Crippen molar-refractivity contribution in [2.75, 3.05) is 25.8 Å². The minimum Gasteiger partial charge on any atom is -0.493 e. The number of hydrogen-bond acceptors (Lipinski definition) is 8. The Hall–Kier alpha value is -3.01. The van der Waals surface area contributed by atoms with Gasteiger partial charge in [-0.1, -0.05) is 6.07 Å². The predicted molar refractivity (Wildman–Crippen MR) is 94.8 cm³/mol. The van der Waals surface area contributed by atoms with Crippen LogP contribution in [0.4, 0.5) is 5.95 Å². The molecule has 0 amide bonds. The van der Waals surface area contributed by atoms with Crippen LogP contribution in [0.15, 0.2) is 41.0 Å². The molecule has 3 aromatic rings. The fourth-order valence-corrected chi connectivity index (χ4v) is 2.96. The van der Waals surface area contributed by atoms with Crippen molar-refractivity contribution in [1.29, 1.82) is 0 Å². The zero-order valence-electron chi connectivity index (χ0n) is 14.5. The molecule has 2 aromatic heterocycles. The predicted octanol–water partition coefficient (Wildman–Crippen LogP) is 1.98. The summed E-state index contributed by atoms with van der Waals surface area (Å²) in [6.07, 6.45) is 2.52. The van der Waals surface area contributed by atoms with Crippen molar-refractivity contribution in [2.45, 2.75) is 6.54 Å². The van der Waals surface area contributed by atoms with Gasteiger partial charge in [0.05, 0.1) is 26.7 Å². The molecule has 26 heavy (non-hydrogen) atoms. The fourth-order valence-electron chi connectivity index (χ4n) is 2.32. The number of aromatic nitrogens is 3. The molecule has 0 spiro atoms. The lowest BCUT2D eigenvalue weighted by molar-refractivity contribution is 0.354. The normalized spacial score (nSPS) is 11.3. The molecule has 0 saturated carbocycles. The highest BCUT2D eigenvalue weighted by Gasteiger charge is 2.19. The monoisotopic (exact) mass is 378 g/mol. The van der Waals surface area contributed by atoms with E-state index in [1.54, 1.807) is 38.5 Å². The van der Waals surface area contributed by atoms with Crippen molar-refractivity contribution in [3.63, 3.8) is 0 Å². The van der Waals surface area contributed by atoms with Crippen LogP contribution < -0.4 is 14.8 Å². The number of hydrogen-bond donors (Lipinski definition) is 1. The number of methoxy groups -OCH3 is 2. The van der Waals surface area contributed by atoms with Gasteiger partial charge in [-0.15, -0.1) is 9.19 Å². The van der Waals surface area contributed by atoms with E-state index in [4.69, 9.17) is 13.9 Å². The van der Waals surface area contributed by atoms with E-state index in [0.717, 1.165) is 15.9 Å². The van der Waals surface area contributed by atoms with Crippen LogP contribution in [0.2, 0.25) is 0 Å². The van der Waals surface area contributed by atoms with Gasteiger partial charge in [0.2, 0.25) is 11.8 Å². The first-order chi connectivity index (χ1) is 12.4. The van der Waals surface area contributed by atoms with Gasteiger partial charge in [0.15, 0.2) is 17.3 Å². The minimum absolute atomic E-state index is 0.0914. The molecular weight excluding hydrogens is 360 g/mol. The van der Waals surface area contributed by atoms with E-state index in [1.165, 1.54) is 6.26 Å². The number of anilines is 1. The van der Waals surface area contributed by atoms with Crippen LogP contribution in [-0.2, 0) is 16.6 Å². The van der Waals surface area contributed by atoms with Crippen LogP contribution in [0.1, 0.15) is 5.56 Å². The van der Waals surface area contributed by atoms with Crippen molar-refractivity contribution in [3.8, 4) is 23.1 Å². The molecule has 0 radical (unpaired) electrons. The molecule has 0 aliphatic carbocycles. The average Bonchev–Trinajstić information content (AvgIpc) is 3.28. The lowest BCUT2D eigenvalue weighted by Gasteiger charge is -2.10. The third-order valence-electron chi connectivity index (χ3n) is 3.53. The Labute approximate surface area is 150 Å². The van der Waals surface area contributed by atoms with Gasteiger partial charge in [-0.25, -0.2) is 8.42 Å². The fraction of sp³-hybridized carbons (Fsp3) is 0.250. The van der Waals surface area contributed by atoms with E-state index in [0.29, 0.717) is 23.8 Å². The van der Waals surface area contributed by atoms with Gasteiger partial charge in [0, 0.05) is 6.54 Å². The summed E-state index contributed by atoms with van der Waals surface area (Å²) in [5.41, 5.74) is 0.852. The summed E-state index contributed by atoms with van der Waals surface area (Å²) in [6, 6.07) is 8.72. The van der Waals surface area contributed by atoms with Crippen LogP contribution >= 0.6 is 0 Å². The van der Waals surface area contributed by atoms with Gasteiger partial charge in [-0.3, -0.25) is 0 Å². The molecule has 0 saturated heterocycles. The van der Waals surface area contributed by atoms with Gasteiger partial charge in [0.25, 0.3) is 10.0 Å². The molecule has 2 heterocycles. The molecule has 0 aliphatic heterocycles. The molecule has 0 fully saturated rings. The molecule has 1 N–H and O–H groups in total. The molecule has 3 rings (SSSR count). The summed E-state index contributed by atoms with van der Waals surface area (Å²) >= 11 is 0. The number of benzene rings is 1. The van der Waals surface area contributed by atoms with E-state index in [9.17, 15) is 8.42 Å². The Morgan fingerprint density at radius 2 is 1.96 bits per heavy atom. The number of ether oxygens (including phenoxy) is 2. The van der Waals surface area contributed by atoms with Gasteiger partial charge in [0.1, 0.15) is 0 Å². The van der Waals surface area contributed by atoms with E-state index in [2.05, 4.69) is 15.4 Å². The van der Waals surface area contributed by atoms with Crippen molar-refractivity contribution in [1.82, 2.24) is 14.2 Å². The molecule has 0 unspecified atom stereocenters. The zero-order chi connectivity index (χ0) is 18.7. The zero-order valence-corrected chi connectivity index (χ0v) is 15.3. The highest BCUT2D eigenvalue weighted by Crippen LogP contribution is 2.28. The Morgan fingerprint density at radius 3 is 2.58 bits per heavy atom. The maximum Gasteiger partial charge on any atom is 0.254 e. The van der Waals surface area contributed by atoms with Gasteiger partial charge in [-0.2, -0.15) is 4.98 Å². The van der Waals surface area contributed by atoms with E-state index in [1.807, 2.05) is 6.07 Å². The Morgan fingerprint density at radius 1 is 1.19 bits per heavy atom. The average molecular weight is 378 g/mol. The maximum absolute atomic E-state index is 12.0.